The van der Waals surface area contributed by atoms with Crippen LogP contribution in [0.15, 0.2) is 78.9 Å². The van der Waals surface area contributed by atoms with Gasteiger partial charge in [0.25, 0.3) is 17.4 Å². The van der Waals surface area contributed by atoms with E-state index in [1.165, 1.54) is 16.8 Å². The molecule has 1 amide bonds. The largest absolute Gasteiger partial charge is 0.450 e. The van der Waals surface area contributed by atoms with Gasteiger partial charge in [0.1, 0.15) is 5.69 Å². The summed E-state index contributed by atoms with van der Waals surface area (Å²) in [7, 11) is 0. The van der Waals surface area contributed by atoms with Gasteiger partial charge in [-0.15, -0.1) is 5.10 Å². The van der Waals surface area contributed by atoms with E-state index in [2.05, 4.69) is 15.4 Å². The average Bonchev–Trinajstić information content (AvgIpc) is 3.30. The number of rotatable bonds is 7. The van der Waals surface area contributed by atoms with Crippen LogP contribution < -0.4 is 5.32 Å². The molecule has 0 aliphatic carbocycles. The maximum absolute atomic E-state index is 12.6. The fourth-order valence-electron chi connectivity index (χ4n) is 3.26. The third-order valence-corrected chi connectivity index (χ3v) is 4.87. The predicted octanol–water partition coefficient (Wildman–Crippen LogP) is 3.95. The second kappa shape index (κ2) is 9.74. The Bertz CT molecular complexity index is 1300. The molecule has 34 heavy (non-hydrogen) atoms. The minimum atomic E-state index is -0.902. The van der Waals surface area contributed by atoms with Crippen molar-refractivity contribution in [3.05, 3.63) is 100 Å². The number of benzene rings is 3. The Kier molecular flexibility index (Phi) is 6.40. The van der Waals surface area contributed by atoms with E-state index in [1.807, 2.05) is 60.7 Å². The minimum Gasteiger partial charge on any atom is -0.450 e. The first kappa shape index (κ1) is 22.3. The molecule has 0 radical (unpaired) electrons. The molecule has 0 bridgehead atoms. The quantitative estimate of drug-likeness (QED) is 0.253. The SMILES string of the molecule is Cc1cccc([N+](=O)[O-])c1NC(=O)COC(=O)c1nc(-c2ccccc2)n(-c2ccccc2)n1. The van der Waals surface area contributed by atoms with Crippen LogP contribution in [-0.4, -0.2) is 38.2 Å². The van der Waals surface area contributed by atoms with Crippen molar-refractivity contribution in [3.8, 4) is 17.1 Å². The number of amides is 1. The summed E-state index contributed by atoms with van der Waals surface area (Å²) in [6.45, 7) is 0.963. The van der Waals surface area contributed by atoms with Gasteiger partial charge in [0.15, 0.2) is 12.4 Å². The monoisotopic (exact) mass is 457 g/mol. The number of nitrogens with zero attached hydrogens (tertiary/aromatic N) is 4. The second-order valence-corrected chi connectivity index (χ2v) is 7.22. The highest BCUT2D eigenvalue weighted by Crippen LogP contribution is 2.27. The topological polar surface area (TPSA) is 129 Å². The number of hydrogen-bond acceptors (Lipinski definition) is 7. The van der Waals surface area contributed by atoms with Gasteiger partial charge in [0, 0.05) is 11.6 Å². The average molecular weight is 457 g/mol. The summed E-state index contributed by atoms with van der Waals surface area (Å²) in [5.74, 6) is -1.42. The third-order valence-electron chi connectivity index (χ3n) is 4.87. The number of hydrogen-bond donors (Lipinski definition) is 1. The van der Waals surface area contributed by atoms with Gasteiger partial charge in [-0.2, -0.15) is 0 Å². The second-order valence-electron chi connectivity index (χ2n) is 7.22. The molecule has 4 rings (SSSR count). The van der Waals surface area contributed by atoms with Crippen LogP contribution >= 0.6 is 0 Å². The van der Waals surface area contributed by atoms with Crippen molar-refractivity contribution >= 4 is 23.3 Å². The molecular formula is C24H19N5O5. The van der Waals surface area contributed by atoms with Crippen LogP contribution in [0.3, 0.4) is 0 Å². The number of para-hydroxylation sites is 2. The lowest BCUT2D eigenvalue weighted by Crippen LogP contribution is -2.22. The number of esters is 1. The lowest BCUT2D eigenvalue weighted by molar-refractivity contribution is -0.384. The van der Waals surface area contributed by atoms with Crippen LogP contribution in [0.4, 0.5) is 11.4 Å². The number of carbonyl (C=O) groups excluding carboxylic acids is 2. The van der Waals surface area contributed by atoms with Gasteiger partial charge < -0.3 is 10.1 Å². The highest BCUT2D eigenvalue weighted by molar-refractivity contribution is 5.96. The van der Waals surface area contributed by atoms with Crippen molar-refractivity contribution < 1.29 is 19.2 Å². The van der Waals surface area contributed by atoms with Crippen LogP contribution in [0.25, 0.3) is 17.1 Å². The van der Waals surface area contributed by atoms with Gasteiger partial charge in [-0.3, -0.25) is 14.9 Å². The molecule has 0 unspecified atom stereocenters. The molecule has 4 aromatic rings. The predicted molar refractivity (Wildman–Crippen MR) is 124 cm³/mol. The molecule has 0 aliphatic rings. The van der Waals surface area contributed by atoms with Gasteiger partial charge >= 0.3 is 5.97 Å². The molecule has 1 aromatic heterocycles. The van der Waals surface area contributed by atoms with Gasteiger partial charge in [-0.1, -0.05) is 60.7 Å². The van der Waals surface area contributed by atoms with Crippen molar-refractivity contribution in [2.24, 2.45) is 0 Å². The normalized spacial score (nSPS) is 10.5. The van der Waals surface area contributed by atoms with E-state index in [0.29, 0.717) is 17.1 Å². The van der Waals surface area contributed by atoms with E-state index in [-0.39, 0.29) is 17.2 Å². The number of aromatic nitrogens is 3. The van der Waals surface area contributed by atoms with Crippen LogP contribution in [-0.2, 0) is 9.53 Å². The van der Waals surface area contributed by atoms with Crippen LogP contribution in [0.5, 0.6) is 0 Å². The Morgan fingerprint density at radius 2 is 1.68 bits per heavy atom. The zero-order valence-electron chi connectivity index (χ0n) is 18.0. The molecular weight excluding hydrogens is 438 g/mol. The molecule has 0 saturated heterocycles. The summed E-state index contributed by atoms with van der Waals surface area (Å²) >= 11 is 0. The van der Waals surface area contributed by atoms with Crippen LogP contribution in [0, 0.1) is 17.0 Å². The van der Waals surface area contributed by atoms with Crippen LogP contribution in [0.2, 0.25) is 0 Å². The summed E-state index contributed by atoms with van der Waals surface area (Å²) in [5, 5.41) is 17.9. The number of nitro groups is 1. The van der Waals surface area contributed by atoms with Crippen molar-refractivity contribution in [1.82, 2.24) is 14.8 Å². The minimum absolute atomic E-state index is 0.0476. The van der Waals surface area contributed by atoms with E-state index >= 15 is 0 Å². The van der Waals surface area contributed by atoms with E-state index in [9.17, 15) is 19.7 Å². The summed E-state index contributed by atoms with van der Waals surface area (Å²) in [6.07, 6.45) is 0. The summed E-state index contributed by atoms with van der Waals surface area (Å²) < 4.78 is 6.60. The molecule has 0 aliphatic heterocycles. The number of anilines is 1. The van der Waals surface area contributed by atoms with E-state index < -0.39 is 23.4 Å². The number of nitrogens with one attached hydrogen (secondary N) is 1. The van der Waals surface area contributed by atoms with Gasteiger partial charge in [0.05, 0.1) is 10.6 Å². The summed E-state index contributed by atoms with van der Waals surface area (Å²) in [5.41, 5.74) is 1.73. The fourth-order valence-corrected chi connectivity index (χ4v) is 3.26. The number of ether oxygens (including phenoxy) is 1. The standard InChI is InChI=1S/C24H19N5O5/c1-16-9-8-14-19(29(32)33)21(16)25-20(30)15-34-24(31)22-26-23(17-10-4-2-5-11-17)28(27-22)18-12-6-3-7-13-18/h2-14H,15H2,1H3,(H,25,30). The zero-order chi connectivity index (χ0) is 24.1. The summed E-state index contributed by atoms with van der Waals surface area (Å²) in [4.78, 5) is 39.9. The van der Waals surface area contributed by atoms with Crippen molar-refractivity contribution in [1.29, 1.82) is 0 Å². The fraction of sp³-hybridized carbons (Fsp3) is 0.0833. The van der Waals surface area contributed by atoms with Crippen molar-refractivity contribution in [3.63, 3.8) is 0 Å². The Hall–Kier alpha value is -4.86. The third kappa shape index (κ3) is 4.80. The Labute approximate surface area is 194 Å². The van der Waals surface area contributed by atoms with Gasteiger partial charge in [0.2, 0.25) is 0 Å². The number of nitro benzene ring substituents is 1. The molecule has 1 heterocycles. The molecule has 0 atom stereocenters. The Balaban J connectivity index is 1.53. The van der Waals surface area contributed by atoms with Gasteiger partial charge in [-0.05, 0) is 24.6 Å². The number of aryl methyl sites for hydroxylation is 1. The first-order chi connectivity index (χ1) is 16.4. The molecule has 0 saturated carbocycles. The van der Waals surface area contributed by atoms with Crippen molar-refractivity contribution in [2.75, 3.05) is 11.9 Å². The van der Waals surface area contributed by atoms with E-state index in [0.717, 1.165) is 5.56 Å². The lowest BCUT2D eigenvalue weighted by Gasteiger charge is -2.08. The van der Waals surface area contributed by atoms with Crippen LogP contribution in [0.1, 0.15) is 16.2 Å². The molecule has 3 aromatic carbocycles. The first-order valence-electron chi connectivity index (χ1n) is 10.2. The highest BCUT2D eigenvalue weighted by Gasteiger charge is 2.22. The molecule has 10 heteroatoms. The maximum atomic E-state index is 12.6. The molecule has 1 N–H and O–H groups in total. The smallest absolute Gasteiger partial charge is 0.378 e. The van der Waals surface area contributed by atoms with E-state index in [4.69, 9.17) is 4.74 Å². The highest BCUT2D eigenvalue weighted by atomic mass is 16.6. The molecule has 0 spiro atoms. The Morgan fingerprint density at radius 3 is 2.35 bits per heavy atom. The van der Waals surface area contributed by atoms with Crippen molar-refractivity contribution in [2.45, 2.75) is 6.92 Å². The first-order valence-corrected chi connectivity index (χ1v) is 10.2. The maximum Gasteiger partial charge on any atom is 0.378 e. The Morgan fingerprint density at radius 1 is 1.00 bits per heavy atom. The van der Waals surface area contributed by atoms with E-state index in [1.54, 1.807) is 13.0 Å². The van der Waals surface area contributed by atoms with Gasteiger partial charge in [-0.25, -0.2) is 14.5 Å². The summed E-state index contributed by atoms with van der Waals surface area (Å²) in [6, 6.07) is 22.8. The molecule has 10 nitrogen and oxygen atoms in total. The lowest BCUT2D eigenvalue weighted by atomic mass is 10.1. The zero-order valence-corrected chi connectivity index (χ0v) is 18.0. The molecule has 170 valence electrons. The number of carbonyl (C=O) groups is 2. The molecule has 0 fully saturated rings.